The maximum atomic E-state index is 4.60. The van der Waals surface area contributed by atoms with E-state index in [4.69, 9.17) is 0 Å². The van der Waals surface area contributed by atoms with E-state index in [-0.39, 0.29) is 0 Å². The molecule has 0 aromatic carbocycles. The molecule has 2 rings (SSSR count). The van der Waals surface area contributed by atoms with Crippen LogP contribution in [0.15, 0.2) is 18.3 Å². The van der Waals surface area contributed by atoms with Crippen molar-refractivity contribution in [2.75, 3.05) is 18.5 Å². The Kier molecular flexibility index (Phi) is 4.46. The number of hydrogen-bond donors (Lipinski definition) is 1. The summed E-state index contributed by atoms with van der Waals surface area (Å²) in [5.41, 5.74) is 2.37. The molecule has 19 heavy (non-hydrogen) atoms. The second-order valence-electron chi connectivity index (χ2n) is 6.16. The van der Waals surface area contributed by atoms with E-state index in [1.807, 2.05) is 13.2 Å². The first kappa shape index (κ1) is 14.3. The second-order valence-corrected chi connectivity index (χ2v) is 6.16. The molecule has 1 saturated heterocycles. The molecule has 4 unspecified atom stereocenters. The van der Waals surface area contributed by atoms with Gasteiger partial charge in [-0.25, -0.2) is 0 Å². The van der Waals surface area contributed by atoms with Crippen LogP contribution in [-0.4, -0.2) is 24.6 Å². The number of nitrogens with zero attached hydrogens (tertiary/aromatic N) is 2. The predicted molar refractivity (Wildman–Crippen MR) is 81.5 cm³/mol. The lowest BCUT2D eigenvalue weighted by molar-refractivity contribution is 0.297. The Labute approximate surface area is 117 Å². The van der Waals surface area contributed by atoms with Crippen molar-refractivity contribution in [3.05, 3.63) is 24.0 Å². The molecule has 0 bridgehead atoms. The van der Waals surface area contributed by atoms with Crippen LogP contribution in [0.5, 0.6) is 0 Å². The van der Waals surface area contributed by atoms with Crippen molar-refractivity contribution in [2.24, 2.45) is 11.8 Å². The molecule has 1 aliphatic rings. The minimum absolute atomic E-state index is 0.311. The molecule has 3 nitrogen and oxygen atoms in total. The molecular weight excluding hydrogens is 234 g/mol. The summed E-state index contributed by atoms with van der Waals surface area (Å²) < 4.78 is 0. The molecule has 4 atom stereocenters. The Balaban J connectivity index is 2.16. The van der Waals surface area contributed by atoms with Gasteiger partial charge < -0.3 is 10.2 Å². The Bertz CT molecular complexity index is 401. The summed E-state index contributed by atoms with van der Waals surface area (Å²) in [6.07, 6.45) is 3.37. The molecule has 3 heteroatoms. The molecule has 0 saturated carbocycles. The van der Waals surface area contributed by atoms with E-state index in [1.165, 1.54) is 12.1 Å². The number of piperidine rings is 1. The zero-order valence-corrected chi connectivity index (χ0v) is 12.9. The van der Waals surface area contributed by atoms with Crippen LogP contribution in [0.2, 0.25) is 0 Å². The van der Waals surface area contributed by atoms with Crippen molar-refractivity contribution < 1.29 is 0 Å². The molecule has 0 spiro atoms. The van der Waals surface area contributed by atoms with Gasteiger partial charge in [0.1, 0.15) is 0 Å². The van der Waals surface area contributed by atoms with E-state index < -0.39 is 0 Å². The predicted octanol–water partition coefficient (Wildman–Crippen LogP) is 3.23. The number of rotatable bonds is 3. The van der Waals surface area contributed by atoms with Gasteiger partial charge in [-0.3, -0.25) is 4.98 Å². The van der Waals surface area contributed by atoms with Crippen LogP contribution in [-0.2, 0) is 0 Å². The molecule has 1 fully saturated rings. The normalized spacial score (nSPS) is 29.3. The molecule has 1 aromatic heterocycles. The van der Waals surface area contributed by atoms with E-state index in [0.29, 0.717) is 12.1 Å². The highest BCUT2D eigenvalue weighted by Crippen LogP contribution is 2.31. The summed E-state index contributed by atoms with van der Waals surface area (Å²) in [6, 6.07) is 5.28. The lowest BCUT2D eigenvalue weighted by atomic mass is 9.86. The summed E-state index contributed by atoms with van der Waals surface area (Å²) in [6.45, 7) is 10.3. The van der Waals surface area contributed by atoms with Crippen LogP contribution in [0.4, 0.5) is 5.69 Å². The van der Waals surface area contributed by atoms with Crippen LogP contribution in [0.3, 0.4) is 0 Å². The van der Waals surface area contributed by atoms with E-state index in [9.17, 15) is 0 Å². The van der Waals surface area contributed by atoms with Crippen molar-refractivity contribution >= 4 is 5.69 Å². The van der Waals surface area contributed by atoms with Crippen LogP contribution in [0, 0.1) is 11.8 Å². The zero-order valence-electron chi connectivity index (χ0n) is 12.9. The fourth-order valence-corrected chi connectivity index (χ4v) is 3.03. The lowest BCUT2D eigenvalue weighted by Gasteiger charge is -2.42. The monoisotopic (exact) mass is 261 g/mol. The number of aromatic nitrogens is 1. The molecule has 0 amide bonds. The van der Waals surface area contributed by atoms with Gasteiger partial charge in [-0.2, -0.15) is 0 Å². The van der Waals surface area contributed by atoms with Crippen molar-refractivity contribution in [2.45, 2.75) is 46.2 Å². The summed E-state index contributed by atoms with van der Waals surface area (Å²) in [5.74, 6) is 1.52. The number of anilines is 1. The fraction of sp³-hybridized carbons (Fsp3) is 0.688. The summed E-state index contributed by atoms with van der Waals surface area (Å²) in [7, 11) is 1.97. The molecular formula is C16H27N3. The highest BCUT2D eigenvalue weighted by Gasteiger charge is 2.28. The van der Waals surface area contributed by atoms with E-state index in [2.05, 4.69) is 55.0 Å². The van der Waals surface area contributed by atoms with Gasteiger partial charge >= 0.3 is 0 Å². The molecule has 106 valence electrons. The van der Waals surface area contributed by atoms with Gasteiger partial charge in [-0.15, -0.1) is 0 Å². The fourth-order valence-electron chi connectivity index (χ4n) is 3.03. The largest absolute Gasteiger partial charge is 0.367 e. The quantitative estimate of drug-likeness (QED) is 0.905. The Hall–Kier alpha value is -1.09. The Morgan fingerprint density at radius 2 is 2.05 bits per heavy atom. The molecule has 0 aliphatic carbocycles. The van der Waals surface area contributed by atoms with Crippen LogP contribution >= 0.6 is 0 Å². The van der Waals surface area contributed by atoms with E-state index in [0.717, 1.165) is 24.1 Å². The smallest absolute Gasteiger partial charge is 0.0571 e. The maximum absolute atomic E-state index is 4.60. The average Bonchev–Trinajstić information content (AvgIpc) is 2.42. The first-order valence-electron chi connectivity index (χ1n) is 7.42. The lowest BCUT2D eigenvalue weighted by Crippen LogP contribution is -2.45. The van der Waals surface area contributed by atoms with Gasteiger partial charge in [0.25, 0.3) is 0 Å². The average molecular weight is 261 g/mol. The van der Waals surface area contributed by atoms with Crippen LogP contribution in [0.25, 0.3) is 0 Å². The van der Waals surface area contributed by atoms with Gasteiger partial charge in [0.15, 0.2) is 0 Å². The Morgan fingerprint density at radius 3 is 2.63 bits per heavy atom. The summed E-state index contributed by atoms with van der Waals surface area (Å²) >= 11 is 0. The minimum atomic E-state index is 0.311. The number of nitrogens with one attached hydrogen (secondary N) is 1. The third kappa shape index (κ3) is 3.08. The third-order valence-corrected chi connectivity index (χ3v) is 4.58. The van der Waals surface area contributed by atoms with Gasteiger partial charge in [0.2, 0.25) is 0 Å². The first-order valence-corrected chi connectivity index (χ1v) is 7.42. The van der Waals surface area contributed by atoms with Crippen LogP contribution in [0.1, 0.15) is 45.9 Å². The van der Waals surface area contributed by atoms with Gasteiger partial charge in [0.05, 0.1) is 17.6 Å². The zero-order chi connectivity index (χ0) is 14.0. The molecule has 2 heterocycles. The minimum Gasteiger partial charge on any atom is -0.367 e. The van der Waals surface area contributed by atoms with Gasteiger partial charge in [-0.1, -0.05) is 13.8 Å². The molecule has 1 aromatic rings. The Morgan fingerprint density at radius 1 is 1.32 bits per heavy atom. The van der Waals surface area contributed by atoms with E-state index >= 15 is 0 Å². The van der Waals surface area contributed by atoms with Crippen LogP contribution < -0.4 is 10.2 Å². The molecule has 1 aliphatic heterocycles. The third-order valence-electron chi connectivity index (χ3n) is 4.58. The summed E-state index contributed by atoms with van der Waals surface area (Å²) in [4.78, 5) is 7.12. The second kappa shape index (κ2) is 5.91. The highest BCUT2D eigenvalue weighted by molar-refractivity contribution is 5.46. The highest BCUT2D eigenvalue weighted by atomic mass is 15.2. The van der Waals surface area contributed by atoms with Crippen molar-refractivity contribution in [3.8, 4) is 0 Å². The SMILES string of the molecule is CNC(C)c1ccc(N2CC(C)CC(C)C2C)cn1. The number of hydrogen-bond acceptors (Lipinski definition) is 3. The number of pyridine rings is 1. The molecule has 1 N–H and O–H groups in total. The summed E-state index contributed by atoms with van der Waals surface area (Å²) in [5, 5.41) is 3.23. The van der Waals surface area contributed by atoms with Gasteiger partial charge in [0, 0.05) is 18.6 Å². The van der Waals surface area contributed by atoms with E-state index in [1.54, 1.807) is 0 Å². The van der Waals surface area contributed by atoms with Crippen molar-refractivity contribution in [1.82, 2.24) is 10.3 Å². The first-order chi connectivity index (χ1) is 9.02. The molecule has 0 radical (unpaired) electrons. The van der Waals surface area contributed by atoms with Crippen molar-refractivity contribution in [1.29, 1.82) is 0 Å². The van der Waals surface area contributed by atoms with Crippen molar-refractivity contribution in [3.63, 3.8) is 0 Å². The topological polar surface area (TPSA) is 28.2 Å². The maximum Gasteiger partial charge on any atom is 0.0571 e. The van der Waals surface area contributed by atoms with Gasteiger partial charge in [-0.05, 0) is 51.3 Å². The standard InChI is InChI=1S/C16H27N3/c1-11-8-12(2)14(4)19(10-11)15-6-7-16(18-9-15)13(3)17-5/h6-7,9,11-14,17H,8,10H2,1-5H3.